The van der Waals surface area contributed by atoms with Crippen molar-refractivity contribution in [2.24, 2.45) is 0 Å². The molecule has 0 amide bonds. The fourth-order valence-electron chi connectivity index (χ4n) is 4.07. The molecule has 170 valence electrons. The van der Waals surface area contributed by atoms with Gasteiger partial charge in [0.1, 0.15) is 5.75 Å². The van der Waals surface area contributed by atoms with Crippen LogP contribution in [0, 0.1) is 0 Å². The van der Waals surface area contributed by atoms with E-state index in [9.17, 15) is 0 Å². The van der Waals surface area contributed by atoms with Crippen molar-refractivity contribution in [1.29, 1.82) is 0 Å². The lowest BCUT2D eigenvalue weighted by Crippen LogP contribution is -2.24. The normalized spacial score (nSPS) is 13.3. The molecule has 2 rings (SSSR count). The lowest BCUT2D eigenvalue weighted by molar-refractivity contribution is 0.413. The van der Waals surface area contributed by atoms with Gasteiger partial charge in [0.05, 0.1) is 7.11 Å². The molecule has 0 unspecified atom stereocenters. The summed E-state index contributed by atoms with van der Waals surface area (Å²) in [7, 11) is 3.72. The van der Waals surface area contributed by atoms with E-state index >= 15 is 0 Å². The van der Waals surface area contributed by atoms with Crippen molar-refractivity contribution < 1.29 is 4.74 Å². The molecule has 0 bridgehead atoms. The molecule has 0 spiro atoms. The van der Waals surface area contributed by atoms with E-state index in [-0.39, 0.29) is 5.41 Å². The predicted molar refractivity (Wildman–Crippen MR) is 138 cm³/mol. The second-order valence-electron chi connectivity index (χ2n) is 8.37. The van der Waals surface area contributed by atoms with Crippen LogP contribution in [0.5, 0.6) is 5.75 Å². The van der Waals surface area contributed by atoms with Crippen molar-refractivity contribution in [2.75, 3.05) is 37.5 Å². The number of nitrogens with zero attached hydrogens (tertiary/aromatic N) is 1. The molecule has 0 aromatic heterocycles. The van der Waals surface area contributed by atoms with Crippen molar-refractivity contribution in [3.63, 3.8) is 0 Å². The van der Waals surface area contributed by atoms with Gasteiger partial charge >= 0.3 is 0 Å². The lowest BCUT2D eigenvalue weighted by Gasteiger charge is -2.30. The van der Waals surface area contributed by atoms with Gasteiger partial charge in [-0.1, -0.05) is 51.4 Å². The van der Waals surface area contributed by atoms with Crippen LogP contribution in [0.25, 0.3) is 6.08 Å². The first-order chi connectivity index (χ1) is 14.9. The molecule has 0 radical (unpaired) electrons. The second-order valence-corrected chi connectivity index (χ2v) is 8.81. The van der Waals surface area contributed by atoms with Gasteiger partial charge in [-0.2, -0.15) is 0 Å². The van der Waals surface area contributed by atoms with Crippen molar-refractivity contribution in [1.82, 2.24) is 0 Å². The monoisotopic (exact) mass is 442 g/mol. The number of hydrogen-bond donors (Lipinski definition) is 1. The maximum atomic E-state index is 6.33. The topological polar surface area (TPSA) is 24.5 Å². The first-order valence-corrected chi connectivity index (χ1v) is 11.9. The molecule has 0 saturated carbocycles. The number of ether oxygens (including phenoxy) is 1. The van der Waals surface area contributed by atoms with Gasteiger partial charge in [0.15, 0.2) is 0 Å². The zero-order valence-corrected chi connectivity index (χ0v) is 20.9. The average molecular weight is 443 g/mol. The van der Waals surface area contributed by atoms with Crippen LogP contribution in [0.15, 0.2) is 42.5 Å². The summed E-state index contributed by atoms with van der Waals surface area (Å²) >= 11 is 6.33. The van der Waals surface area contributed by atoms with E-state index < -0.39 is 0 Å². The van der Waals surface area contributed by atoms with Crippen LogP contribution in [-0.4, -0.2) is 27.2 Å². The summed E-state index contributed by atoms with van der Waals surface area (Å²) in [6.07, 6.45) is 8.66. The maximum absolute atomic E-state index is 6.33. The van der Waals surface area contributed by atoms with Gasteiger partial charge < -0.3 is 15.0 Å². The van der Waals surface area contributed by atoms with Crippen LogP contribution in [0.3, 0.4) is 0 Å². The molecule has 3 nitrogen and oxygen atoms in total. The highest BCUT2D eigenvalue weighted by Gasteiger charge is 2.26. The Morgan fingerprint density at radius 2 is 1.77 bits per heavy atom. The van der Waals surface area contributed by atoms with Crippen LogP contribution in [0.1, 0.15) is 64.5 Å². The number of benzene rings is 2. The standard InChI is InChI=1S/C27H39ClN2O/c1-7-17-30(18-8-2)23-14-12-21(26(20-23)31-6)11-10-16-27(4,9-3)24-19-22(28)13-15-25(24)29-5/h10-15,19-20,29H,7-9,16-18H2,1-6H3/b11-10+/t27-/m1/s1. The summed E-state index contributed by atoms with van der Waals surface area (Å²) in [5.74, 6) is 0.919. The molecule has 0 heterocycles. The van der Waals surface area contributed by atoms with Gasteiger partial charge in [0, 0.05) is 48.2 Å². The minimum Gasteiger partial charge on any atom is -0.496 e. The molecule has 2 aromatic rings. The molecule has 0 aliphatic heterocycles. The molecule has 0 aliphatic rings. The highest BCUT2D eigenvalue weighted by Crippen LogP contribution is 2.38. The summed E-state index contributed by atoms with van der Waals surface area (Å²) < 4.78 is 5.73. The molecule has 31 heavy (non-hydrogen) atoms. The number of anilines is 2. The Morgan fingerprint density at radius 1 is 1.06 bits per heavy atom. The van der Waals surface area contributed by atoms with Crippen LogP contribution >= 0.6 is 11.6 Å². The summed E-state index contributed by atoms with van der Waals surface area (Å²) in [6, 6.07) is 12.6. The van der Waals surface area contributed by atoms with E-state index in [1.807, 2.05) is 13.1 Å². The van der Waals surface area contributed by atoms with Crippen molar-refractivity contribution in [3.05, 3.63) is 58.6 Å². The number of methoxy groups -OCH3 is 1. The zero-order valence-electron chi connectivity index (χ0n) is 20.1. The Kier molecular flexibility index (Phi) is 9.77. The first kappa shape index (κ1) is 25.1. The number of hydrogen-bond acceptors (Lipinski definition) is 3. The molecule has 0 saturated heterocycles. The molecule has 2 aromatic carbocycles. The molecule has 1 N–H and O–H groups in total. The second kappa shape index (κ2) is 12.0. The largest absolute Gasteiger partial charge is 0.496 e. The molecular weight excluding hydrogens is 404 g/mol. The molecule has 0 aliphatic carbocycles. The zero-order chi connectivity index (χ0) is 22.9. The SMILES string of the molecule is CCCN(CCC)c1ccc(/C=C/C[C@@](C)(CC)c2cc(Cl)ccc2NC)c(OC)c1. The van der Waals surface area contributed by atoms with Crippen LogP contribution in [0.2, 0.25) is 5.02 Å². The van der Waals surface area contributed by atoms with Crippen molar-refractivity contribution in [2.45, 2.75) is 58.8 Å². The van der Waals surface area contributed by atoms with Crippen LogP contribution in [-0.2, 0) is 5.41 Å². The van der Waals surface area contributed by atoms with Crippen molar-refractivity contribution in [3.8, 4) is 5.75 Å². The third-order valence-electron chi connectivity index (χ3n) is 6.12. The van der Waals surface area contributed by atoms with Crippen LogP contribution < -0.4 is 15.0 Å². The number of halogens is 1. The Bertz CT molecular complexity index is 858. The number of allylic oxidation sites excluding steroid dienone is 1. The van der Waals surface area contributed by atoms with E-state index in [4.69, 9.17) is 16.3 Å². The Balaban J connectivity index is 2.27. The van der Waals surface area contributed by atoms with Gasteiger partial charge in [-0.05, 0) is 67.0 Å². The van der Waals surface area contributed by atoms with Gasteiger partial charge in [-0.15, -0.1) is 0 Å². The molecule has 4 heteroatoms. The van der Waals surface area contributed by atoms with E-state index in [1.165, 1.54) is 11.3 Å². The average Bonchev–Trinajstić information content (AvgIpc) is 2.79. The predicted octanol–water partition coefficient (Wildman–Crippen LogP) is 7.79. The van der Waals surface area contributed by atoms with E-state index in [0.717, 1.165) is 60.8 Å². The fourth-order valence-corrected chi connectivity index (χ4v) is 4.24. The summed E-state index contributed by atoms with van der Waals surface area (Å²) in [6.45, 7) is 11.1. The molecular formula is C27H39ClN2O. The summed E-state index contributed by atoms with van der Waals surface area (Å²) in [4.78, 5) is 2.43. The smallest absolute Gasteiger partial charge is 0.128 e. The van der Waals surface area contributed by atoms with E-state index in [1.54, 1.807) is 7.11 Å². The van der Waals surface area contributed by atoms with E-state index in [2.05, 4.69) is 80.4 Å². The van der Waals surface area contributed by atoms with Gasteiger partial charge in [-0.25, -0.2) is 0 Å². The highest BCUT2D eigenvalue weighted by atomic mass is 35.5. The van der Waals surface area contributed by atoms with E-state index in [0.29, 0.717) is 0 Å². The molecule has 1 atom stereocenters. The maximum Gasteiger partial charge on any atom is 0.128 e. The summed E-state index contributed by atoms with van der Waals surface area (Å²) in [5, 5.41) is 4.10. The first-order valence-electron chi connectivity index (χ1n) is 11.5. The Morgan fingerprint density at radius 3 is 2.35 bits per heavy atom. The number of nitrogens with one attached hydrogen (secondary N) is 1. The Hall–Kier alpha value is -2.13. The highest BCUT2D eigenvalue weighted by molar-refractivity contribution is 6.30. The number of rotatable bonds is 12. The Labute approximate surface area is 194 Å². The fraction of sp³-hybridized carbons (Fsp3) is 0.481. The van der Waals surface area contributed by atoms with Crippen LogP contribution in [0.4, 0.5) is 11.4 Å². The van der Waals surface area contributed by atoms with Gasteiger partial charge in [0.2, 0.25) is 0 Å². The minimum absolute atomic E-state index is 0.00797. The molecule has 0 fully saturated rings. The summed E-state index contributed by atoms with van der Waals surface area (Å²) in [5.41, 5.74) is 4.72. The van der Waals surface area contributed by atoms with Crippen molar-refractivity contribution >= 4 is 29.1 Å². The minimum atomic E-state index is -0.00797. The lowest BCUT2D eigenvalue weighted by atomic mass is 9.76. The third-order valence-corrected chi connectivity index (χ3v) is 6.35. The van der Waals surface area contributed by atoms with Gasteiger partial charge in [0.25, 0.3) is 0 Å². The quantitative estimate of drug-likeness (QED) is 0.363. The van der Waals surface area contributed by atoms with Gasteiger partial charge in [-0.3, -0.25) is 0 Å². The third kappa shape index (κ3) is 6.43.